The maximum absolute atomic E-state index is 13.0. The predicted molar refractivity (Wildman–Crippen MR) is 123 cm³/mol. The second kappa shape index (κ2) is 7.81. The number of nitrogens with zero attached hydrogens (tertiary/aromatic N) is 3. The number of piperazine rings is 1. The van der Waals surface area contributed by atoms with Gasteiger partial charge in [-0.3, -0.25) is 9.69 Å². The van der Waals surface area contributed by atoms with Gasteiger partial charge in [0, 0.05) is 53.6 Å². The molecule has 10 heteroatoms. The van der Waals surface area contributed by atoms with E-state index in [1.807, 2.05) is 29.6 Å². The van der Waals surface area contributed by atoms with Gasteiger partial charge in [-0.25, -0.2) is 13.4 Å². The zero-order valence-corrected chi connectivity index (χ0v) is 19.6. The maximum atomic E-state index is 13.0. The molecule has 1 aromatic carbocycles. The van der Waals surface area contributed by atoms with Gasteiger partial charge in [-0.2, -0.15) is 4.31 Å². The summed E-state index contributed by atoms with van der Waals surface area (Å²) in [4.78, 5) is 20.0. The fraction of sp³-hybridized carbons (Fsp3) is 0.524. The third-order valence-corrected chi connectivity index (χ3v) is 9.44. The highest BCUT2D eigenvalue weighted by molar-refractivity contribution is 7.88. The Bertz CT molecular complexity index is 1110. The highest BCUT2D eigenvalue weighted by atomic mass is 35.5. The van der Waals surface area contributed by atoms with Crippen LogP contribution in [0.5, 0.6) is 0 Å². The first-order chi connectivity index (χ1) is 14.7. The third-order valence-electron chi connectivity index (χ3n) is 7.05. The zero-order chi connectivity index (χ0) is 21.8. The normalized spacial score (nSPS) is 29.0. The lowest BCUT2D eigenvalue weighted by Gasteiger charge is -2.50. The standard InChI is InChI=1S/C21H25ClN4O3S2/c1-31(28,29)26-8-6-25(7-9-26)21-10-14(11-21)16(12-21)19(27)24-20-23-18(13-30-20)15-4-2-3-5-17(15)22/h2-5,13-14,16H,6-12H2,1H3,(H,23,24,27). The topological polar surface area (TPSA) is 82.6 Å². The number of sulfonamides is 1. The van der Waals surface area contributed by atoms with Gasteiger partial charge in [0.05, 0.1) is 11.9 Å². The van der Waals surface area contributed by atoms with E-state index in [9.17, 15) is 13.2 Å². The molecule has 4 fully saturated rings. The lowest BCUT2D eigenvalue weighted by atomic mass is 9.74. The SMILES string of the molecule is CS(=O)(=O)N1CCN(C23CC(C2)C(C(=O)Nc2nc(-c4ccccc4Cl)cs2)C3)CC1. The summed E-state index contributed by atoms with van der Waals surface area (Å²) < 4.78 is 25.1. The summed E-state index contributed by atoms with van der Waals surface area (Å²) in [6.45, 7) is 2.54. The van der Waals surface area contributed by atoms with Gasteiger partial charge >= 0.3 is 0 Å². The lowest BCUT2D eigenvalue weighted by Crippen LogP contribution is -2.59. The van der Waals surface area contributed by atoms with Crippen molar-refractivity contribution in [1.82, 2.24) is 14.2 Å². The number of nitrogens with one attached hydrogen (secondary N) is 1. The van der Waals surface area contributed by atoms with Crippen LogP contribution in [-0.4, -0.2) is 66.5 Å². The van der Waals surface area contributed by atoms with E-state index >= 15 is 0 Å². The van der Waals surface area contributed by atoms with Gasteiger partial charge in [-0.15, -0.1) is 11.3 Å². The van der Waals surface area contributed by atoms with Crippen LogP contribution in [0.3, 0.4) is 0 Å². The Hall–Kier alpha value is -1.52. The van der Waals surface area contributed by atoms with E-state index in [0.717, 1.165) is 43.6 Å². The number of thiazole rings is 1. The average molecular weight is 481 g/mol. The van der Waals surface area contributed by atoms with Crippen LogP contribution >= 0.6 is 22.9 Å². The van der Waals surface area contributed by atoms with Crippen molar-refractivity contribution in [2.45, 2.75) is 24.8 Å². The summed E-state index contributed by atoms with van der Waals surface area (Å²) in [6.07, 6.45) is 4.15. The minimum Gasteiger partial charge on any atom is -0.302 e. The van der Waals surface area contributed by atoms with Crippen molar-refractivity contribution in [3.63, 3.8) is 0 Å². The summed E-state index contributed by atoms with van der Waals surface area (Å²) in [5, 5.41) is 6.16. The molecule has 31 heavy (non-hydrogen) atoms. The van der Waals surface area contributed by atoms with Gasteiger partial charge in [0.1, 0.15) is 0 Å². The molecule has 2 heterocycles. The molecule has 1 atom stereocenters. The van der Waals surface area contributed by atoms with Crippen LogP contribution < -0.4 is 5.32 Å². The quantitative estimate of drug-likeness (QED) is 0.710. The molecule has 3 aliphatic carbocycles. The van der Waals surface area contributed by atoms with Crippen molar-refractivity contribution in [3.8, 4) is 11.3 Å². The molecule has 1 saturated heterocycles. The van der Waals surface area contributed by atoms with Crippen LogP contribution in [0.25, 0.3) is 11.3 Å². The number of amides is 1. The van der Waals surface area contributed by atoms with Crippen LogP contribution in [0, 0.1) is 11.8 Å². The number of carbonyl (C=O) groups excluding carboxylic acids is 1. The number of halogens is 1. The monoisotopic (exact) mass is 480 g/mol. The van der Waals surface area contributed by atoms with Gasteiger partial charge in [-0.1, -0.05) is 29.8 Å². The number of carbonyl (C=O) groups is 1. The minimum absolute atomic E-state index is 0.0133. The molecule has 1 amide bonds. The number of hydrogen-bond donors (Lipinski definition) is 1. The Kier molecular flexibility index (Phi) is 5.37. The Balaban J connectivity index is 1.21. The Morgan fingerprint density at radius 1 is 1.19 bits per heavy atom. The number of fused-ring (bicyclic) bond motifs is 1. The molecule has 1 aromatic heterocycles. The molecule has 0 radical (unpaired) electrons. The number of benzene rings is 1. The van der Waals surface area contributed by atoms with Crippen molar-refractivity contribution < 1.29 is 13.2 Å². The Morgan fingerprint density at radius 3 is 2.58 bits per heavy atom. The summed E-state index contributed by atoms with van der Waals surface area (Å²) in [5.74, 6) is 0.427. The van der Waals surface area contributed by atoms with Crippen molar-refractivity contribution in [2.75, 3.05) is 37.8 Å². The number of hydrogen-bond acceptors (Lipinski definition) is 6. The van der Waals surface area contributed by atoms with Crippen LogP contribution in [0.1, 0.15) is 19.3 Å². The van der Waals surface area contributed by atoms with E-state index in [0.29, 0.717) is 29.2 Å². The summed E-state index contributed by atoms with van der Waals surface area (Å²) >= 11 is 7.67. The number of aromatic nitrogens is 1. The predicted octanol–water partition coefficient (Wildman–Crippen LogP) is 3.15. The van der Waals surface area contributed by atoms with Gasteiger partial charge in [0.25, 0.3) is 0 Å². The van der Waals surface area contributed by atoms with E-state index in [1.54, 1.807) is 4.31 Å². The minimum atomic E-state index is -3.13. The van der Waals surface area contributed by atoms with Gasteiger partial charge < -0.3 is 5.32 Å². The van der Waals surface area contributed by atoms with Crippen LogP contribution in [0.2, 0.25) is 5.02 Å². The largest absolute Gasteiger partial charge is 0.302 e. The van der Waals surface area contributed by atoms with E-state index in [4.69, 9.17) is 11.6 Å². The van der Waals surface area contributed by atoms with Gasteiger partial charge in [-0.05, 0) is 31.2 Å². The van der Waals surface area contributed by atoms with E-state index in [1.165, 1.54) is 17.6 Å². The summed E-state index contributed by atoms with van der Waals surface area (Å²) in [7, 11) is -3.13. The van der Waals surface area contributed by atoms with Crippen LogP contribution in [-0.2, 0) is 14.8 Å². The molecule has 6 rings (SSSR count). The Morgan fingerprint density at radius 2 is 1.90 bits per heavy atom. The second-order valence-corrected chi connectivity index (χ2v) is 12.1. The molecule has 0 spiro atoms. The molecule has 1 N–H and O–H groups in total. The van der Waals surface area contributed by atoms with Crippen molar-refractivity contribution in [2.24, 2.45) is 11.8 Å². The van der Waals surface area contributed by atoms with E-state index < -0.39 is 10.0 Å². The molecule has 4 aliphatic rings. The molecule has 166 valence electrons. The molecule has 1 aliphatic heterocycles. The van der Waals surface area contributed by atoms with Crippen molar-refractivity contribution >= 4 is 44.0 Å². The van der Waals surface area contributed by atoms with E-state index in [-0.39, 0.29) is 17.4 Å². The van der Waals surface area contributed by atoms with Crippen molar-refractivity contribution in [1.29, 1.82) is 0 Å². The first-order valence-corrected chi connectivity index (χ1v) is 13.6. The molecule has 7 nitrogen and oxygen atoms in total. The van der Waals surface area contributed by atoms with Gasteiger partial charge in [0.15, 0.2) is 5.13 Å². The molecule has 2 aromatic rings. The fourth-order valence-electron chi connectivity index (χ4n) is 5.45. The highest BCUT2D eigenvalue weighted by Crippen LogP contribution is 2.59. The molecule has 2 bridgehead atoms. The zero-order valence-electron chi connectivity index (χ0n) is 17.3. The second-order valence-electron chi connectivity index (χ2n) is 8.86. The third kappa shape index (κ3) is 3.91. The summed E-state index contributed by atoms with van der Waals surface area (Å²) in [5.41, 5.74) is 1.68. The first kappa shape index (κ1) is 21.3. The molecule has 1 unspecified atom stereocenters. The molecule has 3 saturated carbocycles. The lowest BCUT2D eigenvalue weighted by molar-refractivity contribution is -0.120. The van der Waals surface area contributed by atoms with E-state index in [2.05, 4.69) is 15.2 Å². The smallest absolute Gasteiger partial charge is 0.229 e. The summed E-state index contributed by atoms with van der Waals surface area (Å²) in [6, 6.07) is 7.54. The average Bonchev–Trinajstić information content (AvgIpc) is 3.41. The van der Waals surface area contributed by atoms with Gasteiger partial charge in [0.2, 0.25) is 15.9 Å². The maximum Gasteiger partial charge on any atom is 0.229 e. The Labute approximate surface area is 191 Å². The van der Waals surface area contributed by atoms with Crippen LogP contribution in [0.4, 0.5) is 5.13 Å². The fourth-order valence-corrected chi connectivity index (χ4v) is 7.23. The van der Waals surface area contributed by atoms with Crippen LogP contribution in [0.15, 0.2) is 29.6 Å². The molecular weight excluding hydrogens is 456 g/mol. The van der Waals surface area contributed by atoms with Crippen molar-refractivity contribution in [3.05, 3.63) is 34.7 Å². The highest BCUT2D eigenvalue weighted by Gasteiger charge is 2.60. The first-order valence-electron chi connectivity index (χ1n) is 10.5. The number of rotatable bonds is 5. The molecular formula is C21H25ClN4O3S2. The number of anilines is 1.